The summed E-state index contributed by atoms with van der Waals surface area (Å²) < 4.78 is 13.2. The van der Waals surface area contributed by atoms with Gasteiger partial charge in [0.05, 0.1) is 5.69 Å². The normalized spacial score (nSPS) is 11.0. The van der Waals surface area contributed by atoms with Crippen LogP contribution in [0.1, 0.15) is 23.7 Å². The third kappa shape index (κ3) is 5.25. The summed E-state index contributed by atoms with van der Waals surface area (Å²) in [5.41, 5.74) is 3.18. The third-order valence-corrected chi connectivity index (χ3v) is 3.24. The van der Waals surface area contributed by atoms with Gasteiger partial charge in [0.2, 0.25) is 0 Å². The Bertz CT molecular complexity index is 554. The van der Waals surface area contributed by atoms with E-state index in [4.69, 9.17) is 0 Å². The molecule has 0 spiro atoms. The first-order chi connectivity index (χ1) is 10.2. The standard InChI is InChI=1S/C17H22FN3/c1-3-19-10-15-7-8-17(20-11-15)13-21(2)12-14-5-4-6-16(18)9-14/h4-9,11,19H,3,10,12-13H2,1-2H3. The molecule has 3 nitrogen and oxygen atoms in total. The molecule has 0 aliphatic rings. The van der Waals surface area contributed by atoms with Crippen molar-refractivity contribution in [2.75, 3.05) is 13.6 Å². The van der Waals surface area contributed by atoms with Gasteiger partial charge in [0.15, 0.2) is 0 Å². The number of halogens is 1. The summed E-state index contributed by atoms with van der Waals surface area (Å²) in [5.74, 6) is -0.188. The van der Waals surface area contributed by atoms with Gasteiger partial charge in [-0.25, -0.2) is 4.39 Å². The molecular formula is C17H22FN3. The number of benzene rings is 1. The van der Waals surface area contributed by atoms with Crippen LogP contribution in [0.25, 0.3) is 0 Å². The fourth-order valence-corrected chi connectivity index (χ4v) is 2.20. The van der Waals surface area contributed by atoms with E-state index in [1.54, 1.807) is 12.1 Å². The first kappa shape index (κ1) is 15.6. The van der Waals surface area contributed by atoms with Crippen molar-refractivity contribution in [1.82, 2.24) is 15.2 Å². The van der Waals surface area contributed by atoms with Crippen LogP contribution in [0, 0.1) is 5.82 Å². The molecule has 0 fully saturated rings. The van der Waals surface area contributed by atoms with E-state index in [1.165, 1.54) is 11.6 Å². The lowest BCUT2D eigenvalue weighted by atomic mass is 10.2. The first-order valence-corrected chi connectivity index (χ1v) is 7.25. The maximum atomic E-state index is 13.2. The van der Waals surface area contributed by atoms with Crippen molar-refractivity contribution < 1.29 is 4.39 Å². The van der Waals surface area contributed by atoms with Crippen molar-refractivity contribution in [2.24, 2.45) is 0 Å². The molecule has 1 N–H and O–H groups in total. The summed E-state index contributed by atoms with van der Waals surface area (Å²) in [6, 6.07) is 10.9. The van der Waals surface area contributed by atoms with Crippen LogP contribution in [0.3, 0.4) is 0 Å². The average molecular weight is 287 g/mol. The molecule has 0 radical (unpaired) electrons. The number of rotatable bonds is 7. The molecule has 0 saturated carbocycles. The van der Waals surface area contributed by atoms with Crippen molar-refractivity contribution in [1.29, 1.82) is 0 Å². The maximum absolute atomic E-state index is 13.2. The van der Waals surface area contributed by atoms with E-state index in [1.807, 2.05) is 19.3 Å². The number of nitrogens with zero attached hydrogens (tertiary/aromatic N) is 2. The monoisotopic (exact) mass is 287 g/mol. The van der Waals surface area contributed by atoms with Crippen molar-refractivity contribution in [3.05, 3.63) is 65.2 Å². The lowest BCUT2D eigenvalue weighted by Crippen LogP contribution is -2.18. The van der Waals surface area contributed by atoms with E-state index in [9.17, 15) is 4.39 Å². The molecule has 0 bridgehead atoms. The highest BCUT2D eigenvalue weighted by Crippen LogP contribution is 2.09. The fraction of sp³-hybridized carbons (Fsp3) is 0.353. The number of hydrogen-bond donors (Lipinski definition) is 1. The van der Waals surface area contributed by atoms with Crippen LogP contribution in [0.4, 0.5) is 4.39 Å². The van der Waals surface area contributed by atoms with Gasteiger partial charge in [-0.2, -0.15) is 0 Å². The molecule has 4 heteroatoms. The quantitative estimate of drug-likeness (QED) is 0.848. The van der Waals surface area contributed by atoms with Gasteiger partial charge in [-0.1, -0.05) is 25.1 Å². The summed E-state index contributed by atoms with van der Waals surface area (Å²) in [6.45, 7) is 5.35. The van der Waals surface area contributed by atoms with Crippen LogP contribution in [0.15, 0.2) is 42.6 Å². The number of nitrogens with one attached hydrogen (secondary N) is 1. The van der Waals surface area contributed by atoms with Crippen molar-refractivity contribution in [3.8, 4) is 0 Å². The van der Waals surface area contributed by atoms with Gasteiger partial charge in [0.25, 0.3) is 0 Å². The van der Waals surface area contributed by atoms with E-state index in [2.05, 4.69) is 34.3 Å². The lowest BCUT2D eigenvalue weighted by Gasteiger charge is -2.16. The molecule has 112 valence electrons. The molecule has 0 saturated heterocycles. The molecule has 0 amide bonds. The Labute approximate surface area is 125 Å². The minimum atomic E-state index is -0.188. The minimum absolute atomic E-state index is 0.188. The van der Waals surface area contributed by atoms with E-state index >= 15 is 0 Å². The Balaban J connectivity index is 1.88. The van der Waals surface area contributed by atoms with Crippen LogP contribution < -0.4 is 5.32 Å². The Morgan fingerprint density at radius 2 is 2.00 bits per heavy atom. The van der Waals surface area contributed by atoms with E-state index in [0.717, 1.165) is 30.9 Å². The fourth-order valence-electron chi connectivity index (χ4n) is 2.20. The molecule has 1 aromatic heterocycles. The molecule has 0 unspecified atom stereocenters. The highest BCUT2D eigenvalue weighted by molar-refractivity contribution is 5.17. The third-order valence-electron chi connectivity index (χ3n) is 3.24. The van der Waals surface area contributed by atoms with E-state index in [0.29, 0.717) is 6.54 Å². The predicted molar refractivity (Wildman–Crippen MR) is 83.2 cm³/mol. The molecule has 1 aromatic carbocycles. The Hall–Kier alpha value is -1.78. The predicted octanol–water partition coefficient (Wildman–Crippen LogP) is 2.96. The van der Waals surface area contributed by atoms with Gasteiger partial charge in [-0.15, -0.1) is 0 Å². The molecule has 21 heavy (non-hydrogen) atoms. The Morgan fingerprint density at radius 3 is 2.67 bits per heavy atom. The Morgan fingerprint density at radius 1 is 1.14 bits per heavy atom. The topological polar surface area (TPSA) is 28.2 Å². The van der Waals surface area contributed by atoms with Crippen molar-refractivity contribution in [3.63, 3.8) is 0 Å². The van der Waals surface area contributed by atoms with Crippen LogP contribution in [-0.4, -0.2) is 23.5 Å². The van der Waals surface area contributed by atoms with Gasteiger partial charge < -0.3 is 5.32 Å². The van der Waals surface area contributed by atoms with Crippen LogP contribution >= 0.6 is 0 Å². The summed E-state index contributed by atoms with van der Waals surface area (Å²) in [7, 11) is 2.01. The average Bonchev–Trinajstić information content (AvgIpc) is 2.46. The first-order valence-electron chi connectivity index (χ1n) is 7.25. The zero-order valence-electron chi connectivity index (χ0n) is 12.6. The molecule has 0 aliphatic heterocycles. The van der Waals surface area contributed by atoms with E-state index in [-0.39, 0.29) is 5.82 Å². The lowest BCUT2D eigenvalue weighted by molar-refractivity contribution is 0.314. The second kappa shape index (κ2) is 7.86. The molecule has 2 aromatic rings. The second-order valence-corrected chi connectivity index (χ2v) is 5.24. The molecule has 1 heterocycles. The zero-order valence-corrected chi connectivity index (χ0v) is 12.6. The van der Waals surface area contributed by atoms with Gasteiger partial charge in [-0.3, -0.25) is 9.88 Å². The van der Waals surface area contributed by atoms with Gasteiger partial charge in [0.1, 0.15) is 5.82 Å². The minimum Gasteiger partial charge on any atom is -0.313 e. The van der Waals surface area contributed by atoms with Gasteiger partial charge in [0, 0.05) is 25.8 Å². The summed E-state index contributed by atoms with van der Waals surface area (Å²) in [4.78, 5) is 6.60. The van der Waals surface area contributed by atoms with Crippen LogP contribution in [0.2, 0.25) is 0 Å². The maximum Gasteiger partial charge on any atom is 0.123 e. The number of pyridine rings is 1. The molecular weight excluding hydrogens is 265 g/mol. The highest BCUT2D eigenvalue weighted by atomic mass is 19.1. The summed E-state index contributed by atoms with van der Waals surface area (Å²) >= 11 is 0. The largest absolute Gasteiger partial charge is 0.313 e. The van der Waals surface area contributed by atoms with Crippen molar-refractivity contribution >= 4 is 0 Å². The smallest absolute Gasteiger partial charge is 0.123 e. The molecule has 0 atom stereocenters. The van der Waals surface area contributed by atoms with Gasteiger partial charge >= 0.3 is 0 Å². The second-order valence-electron chi connectivity index (χ2n) is 5.24. The summed E-state index contributed by atoms with van der Waals surface area (Å²) in [5, 5.41) is 3.28. The Kier molecular flexibility index (Phi) is 5.84. The van der Waals surface area contributed by atoms with Crippen LogP contribution in [0.5, 0.6) is 0 Å². The number of hydrogen-bond acceptors (Lipinski definition) is 3. The van der Waals surface area contributed by atoms with E-state index < -0.39 is 0 Å². The number of aromatic nitrogens is 1. The van der Waals surface area contributed by atoms with Crippen molar-refractivity contribution in [2.45, 2.75) is 26.6 Å². The SMILES string of the molecule is CCNCc1ccc(CN(C)Cc2cccc(F)c2)nc1. The highest BCUT2D eigenvalue weighted by Gasteiger charge is 2.04. The molecule has 2 rings (SSSR count). The zero-order chi connectivity index (χ0) is 15.1. The van der Waals surface area contributed by atoms with Gasteiger partial charge in [-0.05, 0) is 42.9 Å². The van der Waals surface area contributed by atoms with Crippen LogP contribution in [-0.2, 0) is 19.6 Å². The summed E-state index contributed by atoms with van der Waals surface area (Å²) in [6.07, 6.45) is 1.91. The molecule has 0 aliphatic carbocycles.